The highest BCUT2D eigenvalue weighted by atomic mass is 32.1. The summed E-state index contributed by atoms with van der Waals surface area (Å²) in [7, 11) is 1.60. The van der Waals surface area contributed by atoms with Gasteiger partial charge >= 0.3 is 0 Å². The Hall–Kier alpha value is -4.44. The van der Waals surface area contributed by atoms with Crippen molar-refractivity contribution in [1.82, 2.24) is 35.1 Å². The van der Waals surface area contributed by atoms with Gasteiger partial charge in [0.15, 0.2) is 11.6 Å². The first kappa shape index (κ1) is 20.2. The fourth-order valence-electron chi connectivity index (χ4n) is 3.82. The Bertz CT molecular complexity index is 1700. The average molecular weight is 468 g/mol. The lowest BCUT2D eigenvalue weighted by Crippen LogP contribution is -1.89. The number of aromatic amines is 2. The van der Waals surface area contributed by atoms with Crippen LogP contribution in [0.4, 0.5) is 0 Å². The van der Waals surface area contributed by atoms with Crippen LogP contribution in [0.15, 0.2) is 55.2 Å². The number of fused-ring (bicyclic) bond motifs is 2. The number of Topliss-reactive ketones (excluding diaryl/α,β-unsaturated/α-hetero) is 1. The van der Waals surface area contributed by atoms with Gasteiger partial charge in [-0.2, -0.15) is 5.10 Å². The molecule has 0 unspecified atom stereocenters. The van der Waals surface area contributed by atoms with Gasteiger partial charge in [-0.05, 0) is 31.2 Å². The number of methoxy groups -OCH3 is 1. The molecule has 0 spiro atoms. The highest BCUT2D eigenvalue weighted by Crippen LogP contribution is 2.35. The van der Waals surface area contributed by atoms with Crippen LogP contribution in [0, 0.1) is 0 Å². The Morgan fingerprint density at radius 2 is 1.91 bits per heavy atom. The molecule has 2 N–H and O–H groups in total. The largest absolute Gasteiger partial charge is 0.495 e. The second-order valence-electron chi connectivity index (χ2n) is 7.69. The SMILES string of the molecule is COc1cncc(-c2cc3c(-c4nc5c(-c6ccc(C(C)=O)s6)cncc5[nH]4)n[nH]c3cn2)c1. The van der Waals surface area contributed by atoms with Crippen LogP contribution in [0.3, 0.4) is 0 Å². The molecule has 0 bridgehead atoms. The van der Waals surface area contributed by atoms with Crippen LogP contribution in [0.1, 0.15) is 16.6 Å². The van der Waals surface area contributed by atoms with Crippen molar-refractivity contribution in [3.05, 3.63) is 60.1 Å². The van der Waals surface area contributed by atoms with E-state index in [0.29, 0.717) is 22.1 Å². The number of H-pyrrole nitrogens is 2. The van der Waals surface area contributed by atoms with E-state index >= 15 is 0 Å². The molecule has 0 aromatic carbocycles. The predicted octanol–water partition coefficient (Wildman–Crippen LogP) is 4.90. The molecule has 0 aliphatic rings. The molecule has 6 aromatic rings. The molecule has 34 heavy (non-hydrogen) atoms. The zero-order valence-corrected chi connectivity index (χ0v) is 19.0. The van der Waals surface area contributed by atoms with E-state index in [2.05, 4.69) is 30.1 Å². The first-order valence-corrected chi connectivity index (χ1v) is 11.2. The van der Waals surface area contributed by atoms with Gasteiger partial charge in [-0.3, -0.25) is 24.8 Å². The number of carbonyl (C=O) groups is 1. The Labute approximate surface area is 196 Å². The van der Waals surface area contributed by atoms with E-state index in [4.69, 9.17) is 9.72 Å². The quantitative estimate of drug-likeness (QED) is 0.346. The second-order valence-corrected chi connectivity index (χ2v) is 8.77. The predicted molar refractivity (Wildman–Crippen MR) is 130 cm³/mol. The number of rotatable bonds is 5. The van der Waals surface area contributed by atoms with Crippen LogP contribution < -0.4 is 4.74 Å². The monoisotopic (exact) mass is 467 g/mol. The van der Waals surface area contributed by atoms with Gasteiger partial charge in [0, 0.05) is 33.8 Å². The van der Waals surface area contributed by atoms with Gasteiger partial charge in [0.2, 0.25) is 0 Å². The molecule has 6 aromatic heterocycles. The number of pyridine rings is 3. The maximum atomic E-state index is 11.7. The van der Waals surface area contributed by atoms with E-state index in [9.17, 15) is 4.79 Å². The minimum absolute atomic E-state index is 0.0396. The van der Waals surface area contributed by atoms with Crippen LogP contribution in [0.2, 0.25) is 0 Å². The molecule has 6 rings (SSSR count). The normalized spacial score (nSPS) is 11.4. The molecule has 0 amide bonds. The Morgan fingerprint density at radius 1 is 1.03 bits per heavy atom. The van der Waals surface area contributed by atoms with E-state index in [-0.39, 0.29) is 5.78 Å². The minimum atomic E-state index is 0.0396. The Morgan fingerprint density at radius 3 is 2.74 bits per heavy atom. The lowest BCUT2D eigenvalue weighted by atomic mass is 10.1. The van der Waals surface area contributed by atoms with Gasteiger partial charge in [-0.1, -0.05) is 0 Å². The van der Waals surface area contributed by atoms with Gasteiger partial charge in [0.05, 0.1) is 47.3 Å². The third-order valence-electron chi connectivity index (χ3n) is 5.53. The molecular formula is C24H17N7O2S. The van der Waals surface area contributed by atoms with Crippen molar-refractivity contribution in [3.8, 4) is 39.0 Å². The van der Waals surface area contributed by atoms with Crippen LogP contribution in [-0.2, 0) is 0 Å². The number of nitrogens with zero attached hydrogens (tertiary/aromatic N) is 5. The summed E-state index contributed by atoms with van der Waals surface area (Å²) >= 11 is 1.43. The first-order valence-electron chi connectivity index (χ1n) is 10.4. The molecule has 166 valence electrons. The number of imidazole rings is 1. The summed E-state index contributed by atoms with van der Waals surface area (Å²) in [6, 6.07) is 7.60. The Kier molecular flexibility index (Phi) is 4.66. The van der Waals surface area contributed by atoms with Crippen LogP contribution in [-0.4, -0.2) is 48.0 Å². The molecule has 9 nitrogen and oxygen atoms in total. The van der Waals surface area contributed by atoms with Gasteiger partial charge in [0.25, 0.3) is 0 Å². The van der Waals surface area contributed by atoms with E-state index in [1.54, 1.807) is 45.0 Å². The standard InChI is InChI=1S/C24H17N7O2S/c1-12(32)20-3-4-21(34-20)16-9-26-10-19-22(16)29-24(28-19)23-15-6-17(27-11-18(15)30-31-23)13-5-14(33-2)8-25-7-13/h3-11H,1-2H3,(H,28,29)(H,30,31). The van der Waals surface area contributed by atoms with Gasteiger partial charge < -0.3 is 9.72 Å². The van der Waals surface area contributed by atoms with E-state index in [1.807, 2.05) is 24.3 Å². The molecule has 0 saturated carbocycles. The van der Waals surface area contributed by atoms with Crippen molar-refractivity contribution in [2.45, 2.75) is 6.92 Å². The minimum Gasteiger partial charge on any atom is -0.495 e. The van der Waals surface area contributed by atoms with Gasteiger partial charge in [-0.15, -0.1) is 11.3 Å². The van der Waals surface area contributed by atoms with Crippen LogP contribution in [0.5, 0.6) is 5.75 Å². The van der Waals surface area contributed by atoms with E-state index < -0.39 is 0 Å². The van der Waals surface area contributed by atoms with Crippen LogP contribution in [0.25, 0.3) is 55.2 Å². The fourth-order valence-corrected chi connectivity index (χ4v) is 4.74. The zero-order chi connectivity index (χ0) is 23.2. The number of hydrogen-bond donors (Lipinski definition) is 2. The summed E-state index contributed by atoms with van der Waals surface area (Å²) in [6.45, 7) is 1.56. The summed E-state index contributed by atoms with van der Waals surface area (Å²) in [5.41, 5.74) is 5.46. The molecule has 10 heteroatoms. The molecule has 0 saturated heterocycles. The third-order valence-corrected chi connectivity index (χ3v) is 6.75. The highest BCUT2D eigenvalue weighted by molar-refractivity contribution is 7.17. The molecular weight excluding hydrogens is 450 g/mol. The maximum Gasteiger partial charge on any atom is 0.169 e. The number of ketones is 1. The van der Waals surface area contributed by atoms with Crippen molar-refractivity contribution in [1.29, 1.82) is 0 Å². The van der Waals surface area contributed by atoms with E-state index in [0.717, 1.165) is 43.6 Å². The lowest BCUT2D eigenvalue weighted by molar-refractivity contribution is 0.102. The summed E-state index contributed by atoms with van der Waals surface area (Å²) < 4.78 is 5.29. The van der Waals surface area contributed by atoms with Crippen molar-refractivity contribution >= 4 is 39.1 Å². The number of aromatic nitrogens is 7. The highest BCUT2D eigenvalue weighted by Gasteiger charge is 2.18. The lowest BCUT2D eigenvalue weighted by Gasteiger charge is -2.03. The zero-order valence-electron chi connectivity index (χ0n) is 18.2. The summed E-state index contributed by atoms with van der Waals surface area (Å²) in [5, 5.41) is 8.40. The molecule has 6 heterocycles. The topological polar surface area (TPSA) is 122 Å². The summed E-state index contributed by atoms with van der Waals surface area (Å²) in [5.74, 6) is 1.31. The molecule has 0 fully saturated rings. The van der Waals surface area contributed by atoms with E-state index in [1.165, 1.54) is 11.3 Å². The van der Waals surface area contributed by atoms with Crippen molar-refractivity contribution in [2.75, 3.05) is 7.11 Å². The fraction of sp³-hybridized carbons (Fsp3) is 0.0833. The van der Waals surface area contributed by atoms with Gasteiger partial charge in [-0.25, -0.2) is 4.98 Å². The third kappa shape index (κ3) is 3.32. The van der Waals surface area contributed by atoms with Crippen molar-refractivity contribution in [2.24, 2.45) is 0 Å². The smallest absolute Gasteiger partial charge is 0.169 e. The number of thiophene rings is 1. The number of ether oxygens (including phenoxy) is 1. The maximum absolute atomic E-state index is 11.7. The Balaban J connectivity index is 1.47. The second kappa shape index (κ2) is 7.85. The number of nitrogens with one attached hydrogen (secondary N) is 2. The van der Waals surface area contributed by atoms with Crippen molar-refractivity contribution < 1.29 is 9.53 Å². The van der Waals surface area contributed by atoms with Crippen LogP contribution >= 0.6 is 11.3 Å². The summed E-state index contributed by atoms with van der Waals surface area (Å²) in [4.78, 5) is 34.7. The average Bonchev–Trinajstić information content (AvgIpc) is 3.61. The number of carbonyl (C=O) groups excluding carboxylic acids is 1. The molecule has 0 aliphatic heterocycles. The molecule has 0 atom stereocenters. The molecule has 0 radical (unpaired) electrons. The first-order chi connectivity index (χ1) is 16.6. The van der Waals surface area contributed by atoms with Crippen molar-refractivity contribution in [3.63, 3.8) is 0 Å². The molecule has 0 aliphatic carbocycles. The number of hydrogen-bond acceptors (Lipinski definition) is 8. The van der Waals surface area contributed by atoms with Gasteiger partial charge in [0.1, 0.15) is 17.0 Å². The summed E-state index contributed by atoms with van der Waals surface area (Å²) in [6.07, 6.45) is 8.64.